The highest BCUT2D eigenvalue weighted by Crippen LogP contribution is 2.26. The van der Waals surface area contributed by atoms with Crippen molar-refractivity contribution in [2.45, 2.75) is 39.7 Å². The van der Waals surface area contributed by atoms with Gasteiger partial charge in [-0.2, -0.15) is 0 Å². The van der Waals surface area contributed by atoms with Gasteiger partial charge in [0.2, 0.25) is 0 Å². The molecule has 2 rings (SSSR count). The summed E-state index contributed by atoms with van der Waals surface area (Å²) in [4.78, 5) is 21.2. The molecule has 0 amide bonds. The van der Waals surface area contributed by atoms with Crippen LogP contribution in [-0.2, 0) is 9.59 Å². The van der Waals surface area contributed by atoms with Gasteiger partial charge in [-0.3, -0.25) is 4.79 Å². The Labute approximate surface area is 143 Å². The molecule has 0 spiro atoms. The molecule has 4 heteroatoms. The number of rotatable bonds is 6. The highest BCUT2D eigenvalue weighted by atomic mass is 16.5. The minimum absolute atomic E-state index is 0.0639. The van der Waals surface area contributed by atoms with Crippen LogP contribution in [0.4, 0.5) is 0 Å². The van der Waals surface area contributed by atoms with Gasteiger partial charge in [-0.1, -0.05) is 37.3 Å². The van der Waals surface area contributed by atoms with Gasteiger partial charge in [0.05, 0.1) is 0 Å². The van der Waals surface area contributed by atoms with Gasteiger partial charge in [0.15, 0.2) is 0 Å². The molecule has 0 fully saturated rings. The number of hydrogen-bond donors (Lipinski definition) is 1. The first-order valence-electron chi connectivity index (χ1n) is 7.91. The van der Waals surface area contributed by atoms with Gasteiger partial charge in [-0.15, -0.1) is 0 Å². The molecule has 0 bridgehead atoms. The summed E-state index contributed by atoms with van der Waals surface area (Å²) >= 11 is 0. The van der Waals surface area contributed by atoms with E-state index in [0.717, 1.165) is 11.3 Å². The fourth-order valence-electron chi connectivity index (χ4n) is 1.84. The van der Waals surface area contributed by atoms with E-state index in [-0.39, 0.29) is 23.4 Å². The summed E-state index contributed by atoms with van der Waals surface area (Å²) in [5.41, 5.74) is 0.872. The molecule has 0 aliphatic carbocycles. The number of para-hydroxylation sites is 1. The maximum absolute atomic E-state index is 11.4. The van der Waals surface area contributed by atoms with Crippen molar-refractivity contribution in [2.24, 2.45) is 0 Å². The number of aromatic hydroxyl groups is 1. The quantitative estimate of drug-likeness (QED) is 0.849. The van der Waals surface area contributed by atoms with Crippen LogP contribution in [0.5, 0.6) is 11.5 Å². The van der Waals surface area contributed by atoms with Gasteiger partial charge in [-0.25, -0.2) is 0 Å². The van der Waals surface area contributed by atoms with Gasteiger partial charge >= 0.3 is 0 Å². The number of ether oxygens (including phenoxy) is 1. The van der Waals surface area contributed by atoms with Crippen molar-refractivity contribution < 1.29 is 19.4 Å². The van der Waals surface area contributed by atoms with Gasteiger partial charge in [0.1, 0.15) is 29.2 Å². The third-order valence-corrected chi connectivity index (χ3v) is 3.26. The second-order valence-electron chi connectivity index (χ2n) is 5.47. The Morgan fingerprint density at radius 3 is 1.96 bits per heavy atom. The van der Waals surface area contributed by atoms with E-state index in [2.05, 4.69) is 0 Å². The summed E-state index contributed by atoms with van der Waals surface area (Å²) in [6.45, 7) is 4.98. The summed E-state index contributed by atoms with van der Waals surface area (Å²) in [5.74, 6) is 1.24. The van der Waals surface area contributed by atoms with Gasteiger partial charge < -0.3 is 14.6 Å². The lowest BCUT2D eigenvalue weighted by atomic mass is 10.0. The van der Waals surface area contributed by atoms with Crippen LogP contribution in [0, 0.1) is 0 Å². The highest BCUT2D eigenvalue weighted by Gasteiger charge is 2.15. The molecule has 1 atom stereocenters. The average molecular weight is 328 g/mol. The van der Waals surface area contributed by atoms with Crippen molar-refractivity contribution in [1.29, 1.82) is 0 Å². The first-order chi connectivity index (χ1) is 11.4. The number of ketones is 2. The Morgan fingerprint density at radius 1 is 0.958 bits per heavy atom. The molecule has 0 aliphatic rings. The van der Waals surface area contributed by atoms with Gasteiger partial charge in [0.25, 0.3) is 0 Å². The van der Waals surface area contributed by atoms with Crippen molar-refractivity contribution in [3.05, 3.63) is 60.2 Å². The maximum atomic E-state index is 11.4. The number of phenolic OH excluding ortho intramolecular Hbond substituents is 1. The largest absolute Gasteiger partial charge is 0.508 e. The number of carbonyl (C=O) groups excluding carboxylic acids is 2. The first-order valence-corrected chi connectivity index (χ1v) is 7.91. The lowest BCUT2D eigenvalue weighted by Crippen LogP contribution is -2.11. The molecule has 1 N–H and O–H groups in total. The lowest BCUT2D eigenvalue weighted by Gasteiger charge is -2.18. The Kier molecular flexibility index (Phi) is 8.26. The molecule has 2 aromatic rings. The van der Waals surface area contributed by atoms with Crippen molar-refractivity contribution in [3.8, 4) is 11.5 Å². The SMILES string of the molecule is CC(=O)CC(Oc1ccccc1)c1ccc(O)cc1.CCC(C)=O. The zero-order valence-electron chi connectivity index (χ0n) is 14.4. The van der Waals surface area contributed by atoms with Crippen LogP contribution >= 0.6 is 0 Å². The Bertz CT molecular complexity index is 632. The molecular formula is C20H24O4. The van der Waals surface area contributed by atoms with Crippen LogP contribution in [0.15, 0.2) is 54.6 Å². The molecule has 2 aromatic carbocycles. The molecule has 128 valence electrons. The molecule has 0 aromatic heterocycles. The minimum atomic E-state index is -0.333. The molecule has 0 radical (unpaired) electrons. The smallest absolute Gasteiger partial charge is 0.133 e. The number of phenols is 1. The molecular weight excluding hydrogens is 304 g/mol. The van der Waals surface area contributed by atoms with Crippen LogP contribution in [0.3, 0.4) is 0 Å². The molecule has 0 saturated heterocycles. The van der Waals surface area contributed by atoms with Crippen molar-refractivity contribution in [2.75, 3.05) is 0 Å². The normalized spacial score (nSPS) is 11.0. The highest BCUT2D eigenvalue weighted by molar-refractivity contribution is 5.76. The van der Waals surface area contributed by atoms with Crippen LogP contribution < -0.4 is 4.74 Å². The fraction of sp³-hybridized carbons (Fsp3) is 0.300. The van der Waals surface area contributed by atoms with E-state index < -0.39 is 0 Å². The van der Waals surface area contributed by atoms with Crippen molar-refractivity contribution in [3.63, 3.8) is 0 Å². The average Bonchev–Trinajstić information content (AvgIpc) is 2.56. The predicted octanol–water partition coefficient (Wildman–Crippen LogP) is 4.48. The monoisotopic (exact) mass is 328 g/mol. The minimum Gasteiger partial charge on any atom is -0.508 e. The number of hydrogen-bond acceptors (Lipinski definition) is 4. The first kappa shape index (κ1) is 19.4. The second kappa shape index (κ2) is 10.2. The van der Waals surface area contributed by atoms with Crippen LogP contribution in [-0.4, -0.2) is 16.7 Å². The third-order valence-electron chi connectivity index (χ3n) is 3.26. The van der Waals surface area contributed by atoms with Gasteiger partial charge in [0, 0.05) is 12.8 Å². The van der Waals surface area contributed by atoms with E-state index >= 15 is 0 Å². The standard InChI is InChI=1S/C16H16O3.C4H8O/c1-12(17)11-16(13-7-9-14(18)10-8-13)19-15-5-3-2-4-6-15;1-3-4(2)5/h2-10,16,18H,11H2,1H3;3H2,1-2H3. The molecule has 1 unspecified atom stereocenters. The molecule has 0 saturated carbocycles. The Hall–Kier alpha value is -2.62. The number of benzene rings is 2. The van der Waals surface area contributed by atoms with Crippen LogP contribution in [0.1, 0.15) is 45.3 Å². The summed E-state index contributed by atoms with van der Waals surface area (Å²) in [6.07, 6.45) is 0.639. The fourth-order valence-corrected chi connectivity index (χ4v) is 1.84. The van der Waals surface area contributed by atoms with E-state index in [1.165, 1.54) is 0 Å². The summed E-state index contributed by atoms with van der Waals surface area (Å²) in [6, 6.07) is 16.1. The molecule has 24 heavy (non-hydrogen) atoms. The Balaban J connectivity index is 0.000000505. The second-order valence-corrected chi connectivity index (χ2v) is 5.47. The van der Waals surface area contributed by atoms with Crippen LogP contribution in [0.25, 0.3) is 0 Å². The van der Waals surface area contributed by atoms with E-state index in [9.17, 15) is 14.7 Å². The van der Waals surface area contributed by atoms with Crippen molar-refractivity contribution in [1.82, 2.24) is 0 Å². The van der Waals surface area contributed by atoms with E-state index in [0.29, 0.717) is 12.8 Å². The summed E-state index contributed by atoms with van der Waals surface area (Å²) in [7, 11) is 0. The molecule has 0 aliphatic heterocycles. The number of carbonyl (C=O) groups is 2. The van der Waals surface area contributed by atoms with E-state index in [4.69, 9.17) is 4.74 Å². The zero-order chi connectivity index (χ0) is 17.9. The number of Topliss-reactive ketones (excluding diaryl/α,β-unsaturated/α-hetero) is 2. The summed E-state index contributed by atoms with van der Waals surface area (Å²) < 4.78 is 5.85. The maximum Gasteiger partial charge on any atom is 0.133 e. The van der Waals surface area contributed by atoms with E-state index in [1.54, 1.807) is 38.1 Å². The lowest BCUT2D eigenvalue weighted by molar-refractivity contribution is -0.118. The van der Waals surface area contributed by atoms with E-state index in [1.807, 2.05) is 37.3 Å². The predicted molar refractivity (Wildman–Crippen MR) is 94.2 cm³/mol. The Morgan fingerprint density at radius 2 is 1.50 bits per heavy atom. The molecule has 0 heterocycles. The van der Waals surface area contributed by atoms with Crippen LogP contribution in [0.2, 0.25) is 0 Å². The molecule has 4 nitrogen and oxygen atoms in total. The summed E-state index contributed by atoms with van der Waals surface area (Å²) in [5, 5.41) is 9.30. The van der Waals surface area contributed by atoms with Gasteiger partial charge in [-0.05, 0) is 43.7 Å². The zero-order valence-corrected chi connectivity index (χ0v) is 14.4. The third kappa shape index (κ3) is 7.58. The van der Waals surface area contributed by atoms with Crippen molar-refractivity contribution >= 4 is 11.6 Å². The topological polar surface area (TPSA) is 63.6 Å².